The van der Waals surface area contributed by atoms with E-state index in [1.165, 1.54) is 24.3 Å². The predicted octanol–water partition coefficient (Wildman–Crippen LogP) is 3.45. The highest BCUT2D eigenvalue weighted by atomic mass is 16.5. The number of nitrogens with zero attached hydrogens (tertiary/aromatic N) is 3. The summed E-state index contributed by atoms with van der Waals surface area (Å²) in [6.45, 7) is 0.0348. The van der Waals surface area contributed by atoms with Crippen molar-refractivity contribution in [2.75, 3.05) is 11.9 Å². The smallest absolute Gasteiger partial charge is 0.338 e. The van der Waals surface area contributed by atoms with E-state index in [2.05, 4.69) is 11.4 Å². The summed E-state index contributed by atoms with van der Waals surface area (Å²) in [4.78, 5) is 36.4. The lowest BCUT2D eigenvalue weighted by Crippen LogP contribution is -2.14. The van der Waals surface area contributed by atoms with Crippen molar-refractivity contribution in [1.29, 1.82) is 10.5 Å². The van der Waals surface area contributed by atoms with Gasteiger partial charge >= 0.3 is 5.97 Å². The van der Waals surface area contributed by atoms with Gasteiger partial charge in [-0.1, -0.05) is 18.2 Å². The van der Waals surface area contributed by atoms with Crippen LogP contribution in [-0.2, 0) is 16.1 Å². The summed E-state index contributed by atoms with van der Waals surface area (Å²) >= 11 is 0. The number of ether oxygens (including phenoxy) is 1. The Bertz CT molecular complexity index is 1210. The van der Waals surface area contributed by atoms with Crippen LogP contribution in [0.5, 0.6) is 0 Å². The van der Waals surface area contributed by atoms with Gasteiger partial charge in [-0.05, 0) is 30.3 Å². The Balaban J connectivity index is 1.66. The number of amides is 1. The van der Waals surface area contributed by atoms with E-state index >= 15 is 0 Å². The van der Waals surface area contributed by atoms with Crippen molar-refractivity contribution < 1.29 is 19.1 Å². The van der Waals surface area contributed by atoms with Crippen molar-refractivity contribution in [2.24, 2.45) is 0 Å². The van der Waals surface area contributed by atoms with Crippen LogP contribution in [0.3, 0.4) is 0 Å². The first-order chi connectivity index (χ1) is 15.0. The number of para-hydroxylation sites is 1. The number of esters is 1. The fourth-order valence-corrected chi connectivity index (χ4v) is 3.08. The van der Waals surface area contributed by atoms with Crippen LogP contribution in [0.1, 0.15) is 33.6 Å². The number of carbonyl (C=O) groups excluding carboxylic acids is 3. The second-order valence-electron chi connectivity index (χ2n) is 6.62. The molecular formula is C23H18N4O4. The molecule has 1 N–H and O–H groups in total. The van der Waals surface area contributed by atoms with Crippen LogP contribution < -0.4 is 5.32 Å². The fourth-order valence-electron chi connectivity index (χ4n) is 3.08. The van der Waals surface area contributed by atoms with Gasteiger partial charge in [0.25, 0.3) is 0 Å². The summed E-state index contributed by atoms with van der Waals surface area (Å²) < 4.78 is 7.00. The van der Waals surface area contributed by atoms with Crippen molar-refractivity contribution in [3.05, 3.63) is 65.9 Å². The topological polar surface area (TPSA) is 125 Å². The number of hydrogen-bond acceptors (Lipinski definition) is 6. The molecule has 0 aliphatic heterocycles. The van der Waals surface area contributed by atoms with Gasteiger partial charge in [0.15, 0.2) is 6.61 Å². The Labute approximate surface area is 178 Å². The molecule has 3 rings (SSSR count). The monoisotopic (exact) mass is 414 g/mol. The number of hydrogen-bond donors (Lipinski definition) is 1. The van der Waals surface area contributed by atoms with Crippen LogP contribution in [0.25, 0.3) is 10.9 Å². The Hall–Kier alpha value is -4.43. The van der Waals surface area contributed by atoms with E-state index in [1.807, 2.05) is 28.8 Å². The maximum Gasteiger partial charge on any atom is 0.338 e. The first-order valence-corrected chi connectivity index (χ1v) is 9.45. The molecular weight excluding hydrogens is 396 g/mol. The third kappa shape index (κ3) is 5.14. The number of Topliss-reactive ketones (excluding diaryl/α,β-unsaturated/α-hetero) is 1. The number of nitrogens with one attached hydrogen (secondary N) is 1. The molecule has 1 aromatic heterocycles. The van der Waals surface area contributed by atoms with Gasteiger partial charge in [0.1, 0.15) is 6.42 Å². The number of rotatable bonds is 8. The standard InChI is InChI=1S/C23H18N4O4/c24-11-3-13-27-14-19(18-4-1-2-5-20(18)27)21(28)15-31-23(30)16-6-8-17(9-7-16)26-22(29)10-12-25/h1-2,4-9,14H,3,10,13,15H2,(H,26,29). The third-order valence-electron chi connectivity index (χ3n) is 4.53. The van der Waals surface area contributed by atoms with Crippen molar-refractivity contribution in [3.63, 3.8) is 0 Å². The minimum Gasteiger partial charge on any atom is -0.454 e. The van der Waals surface area contributed by atoms with Gasteiger partial charge in [-0.3, -0.25) is 9.59 Å². The van der Waals surface area contributed by atoms with E-state index in [4.69, 9.17) is 15.3 Å². The average molecular weight is 414 g/mol. The number of ketones is 1. The summed E-state index contributed by atoms with van der Waals surface area (Å²) in [6, 6.07) is 17.1. The number of aromatic nitrogens is 1. The molecule has 0 radical (unpaired) electrons. The lowest BCUT2D eigenvalue weighted by Gasteiger charge is -2.06. The van der Waals surface area contributed by atoms with Crippen LogP contribution in [0.15, 0.2) is 54.7 Å². The molecule has 0 aliphatic rings. The molecule has 0 aliphatic carbocycles. The molecule has 0 saturated heterocycles. The fraction of sp³-hybridized carbons (Fsp3) is 0.174. The first kappa shape index (κ1) is 21.3. The zero-order valence-corrected chi connectivity index (χ0v) is 16.5. The molecule has 8 nitrogen and oxygen atoms in total. The Morgan fingerprint density at radius 1 is 1.00 bits per heavy atom. The second-order valence-corrected chi connectivity index (χ2v) is 6.62. The third-order valence-corrected chi connectivity index (χ3v) is 4.53. The van der Waals surface area contributed by atoms with Crippen LogP contribution in [0.4, 0.5) is 5.69 Å². The molecule has 2 aromatic carbocycles. The van der Waals surface area contributed by atoms with Gasteiger partial charge in [-0.25, -0.2) is 4.79 Å². The molecule has 1 heterocycles. The maximum atomic E-state index is 12.7. The molecule has 0 bridgehead atoms. The van der Waals surface area contributed by atoms with Crippen LogP contribution >= 0.6 is 0 Å². The Morgan fingerprint density at radius 2 is 1.74 bits per heavy atom. The normalized spacial score (nSPS) is 10.1. The van der Waals surface area contributed by atoms with Gasteiger partial charge in [-0.2, -0.15) is 10.5 Å². The van der Waals surface area contributed by atoms with E-state index in [-0.39, 0.29) is 17.8 Å². The van der Waals surface area contributed by atoms with E-state index in [1.54, 1.807) is 12.3 Å². The van der Waals surface area contributed by atoms with Gasteiger partial charge in [0.2, 0.25) is 11.7 Å². The number of benzene rings is 2. The van der Waals surface area contributed by atoms with Gasteiger partial charge < -0.3 is 14.6 Å². The molecule has 0 unspecified atom stereocenters. The molecule has 0 saturated carbocycles. The van der Waals surface area contributed by atoms with Crippen molar-refractivity contribution in [2.45, 2.75) is 19.4 Å². The number of carbonyl (C=O) groups is 3. The summed E-state index contributed by atoms with van der Waals surface area (Å²) in [5.74, 6) is -1.46. The average Bonchev–Trinajstić information content (AvgIpc) is 3.15. The number of aryl methyl sites for hydroxylation is 1. The first-order valence-electron chi connectivity index (χ1n) is 9.45. The molecule has 0 atom stereocenters. The molecule has 31 heavy (non-hydrogen) atoms. The zero-order valence-electron chi connectivity index (χ0n) is 16.5. The van der Waals surface area contributed by atoms with E-state index in [0.717, 1.165) is 10.9 Å². The molecule has 0 spiro atoms. The predicted molar refractivity (Wildman–Crippen MR) is 112 cm³/mol. The summed E-state index contributed by atoms with van der Waals surface area (Å²) in [5.41, 5.74) is 1.93. The molecule has 3 aromatic rings. The largest absolute Gasteiger partial charge is 0.454 e. The molecule has 1 amide bonds. The molecule has 8 heteroatoms. The highest BCUT2D eigenvalue weighted by Crippen LogP contribution is 2.22. The van der Waals surface area contributed by atoms with Gasteiger partial charge in [0.05, 0.1) is 24.1 Å². The summed E-state index contributed by atoms with van der Waals surface area (Å²) in [7, 11) is 0. The van der Waals surface area contributed by atoms with E-state index in [0.29, 0.717) is 24.2 Å². The van der Waals surface area contributed by atoms with Crippen molar-refractivity contribution in [1.82, 2.24) is 4.57 Å². The van der Waals surface area contributed by atoms with E-state index < -0.39 is 18.5 Å². The number of fused-ring (bicyclic) bond motifs is 1. The Kier molecular flexibility index (Phi) is 6.77. The van der Waals surface area contributed by atoms with Crippen molar-refractivity contribution >= 4 is 34.3 Å². The van der Waals surface area contributed by atoms with Crippen LogP contribution in [0, 0.1) is 22.7 Å². The lowest BCUT2D eigenvalue weighted by molar-refractivity contribution is -0.115. The van der Waals surface area contributed by atoms with Gasteiger partial charge in [-0.15, -0.1) is 0 Å². The second kappa shape index (κ2) is 9.86. The van der Waals surface area contributed by atoms with Crippen LogP contribution in [-0.4, -0.2) is 28.8 Å². The molecule has 0 fully saturated rings. The zero-order chi connectivity index (χ0) is 22.2. The highest BCUT2D eigenvalue weighted by Gasteiger charge is 2.17. The number of nitriles is 2. The van der Waals surface area contributed by atoms with Crippen LogP contribution in [0.2, 0.25) is 0 Å². The minimum absolute atomic E-state index is 0.225. The summed E-state index contributed by atoms with van der Waals surface area (Å²) in [6.07, 6.45) is 1.73. The number of anilines is 1. The SMILES string of the molecule is N#CCCn1cc(C(=O)COC(=O)c2ccc(NC(=O)CC#N)cc2)c2ccccc21. The Morgan fingerprint density at radius 3 is 2.45 bits per heavy atom. The molecule has 154 valence electrons. The lowest BCUT2D eigenvalue weighted by atomic mass is 10.1. The van der Waals surface area contributed by atoms with Crippen molar-refractivity contribution in [3.8, 4) is 12.1 Å². The minimum atomic E-state index is -0.670. The highest BCUT2D eigenvalue weighted by molar-refractivity contribution is 6.09. The maximum absolute atomic E-state index is 12.7. The van der Waals surface area contributed by atoms with Gasteiger partial charge in [0, 0.05) is 34.9 Å². The van der Waals surface area contributed by atoms with E-state index in [9.17, 15) is 14.4 Å². The summed E-state index contributed by atoms with van der Waals surface area (Å²) in [5, 5.41) is 20.6. The quantitative estimate of drug-likeness (QED) is 0.445.